The van der Waals surface area contributed by atoms with Crippen LogP contribution in [-0.2, 0) is 80.9 Å². The summed E-state index contributed by atoms with van der Waals surface area (Å²) in [6.45, 7) is 6.11. The molecule has 1 N–H and O–H groups in total. The second kappa shape index (κ2) is 16.3. The van der Waals surface area contributed by atoms with Crippen LogP contribution in [-0.4, -0.2) is 122 Å². The molecule has 0 bridgehead atoms. The Morgan fingerprint density at radius 2 is 0.841 bits per heavy atom. The van der Waals surface area contributed by atoms with Gasteiger partial charge in [-0.1, -0.05) is 0 Å². The number of hydrogen-bond acceptors (Lipinski definition) is 18. The molecule has 0 aromatic heterocycles. The minimum absolute atomic E-state index is 0.572. The maximum atomic E-state index is 12.2. The Hall–Kier alpha value is -3.87. The third-order valence-electron chi connectivity index (χ3n) is 5.90. The van der Waals surface area contributed by atoms with Crippen LogP contribution in [0, 0.1) is 0 Å². The monoisotopic (exact) mass is 636 g/mol. The van der Waals surface area contributed by atoms with E-state index in [9.17, 15) is 38.7 Å². The molecule has 0 aromatic carbocycles. The maximum Gasteiger partial charge on any atom is 0.303 e. The molecule has 0 aromatic rings. The Kier molecular flexibility index (Phi) is 13.4. The van der Waals surface area contributed by atoms with Crippen LogP contribution in [0.4, 0.5) is 0 Å². The van der Waals surface area contributed by atoms with Gasteiger partial charge in [0.25, 0.3) is 0 Å². The summed E-state index contributed by atoms with van der Waals surface area (Å²) in [7, 11) is 0. The van der Waals surface area contributed by atoms with E-state index in [1.54, 1.807) is 0 Å². The molecular weight excluding hydrogens is 600 g/mol. The van der Waals surface area contributed by atoms with Gasteiger partial charge in [-0.25, -0.2) is 0 Å². The molecule has 0 aliphatic carbocycles. The zero-order valence-electron chi connectivity index (χ0n) is 25.1. The lowest BCUT2D eigenvalue weighted by Crippen LogP contribution is -2.67. The van der Waals surface area contributed by atoms with Crippen molar-refractivity contribution in [2.45, 2.75) is 110 Å². The molecule has 44 heavy (non-hydrogen) atoms. The van der Waals surface area contributed by atoms with Crippen molar-refractivity contribution in [2.24, 2.45) is 0 Å². The Balaban J connectivity index is 2.66. The van der Waals surface area contributed by atoms with E-state index < -0.39 is 116 Å². The molecule has 4 unspecified atom stereocenters. The van der Waals surface area contributed by atoms with Crippen LogP contribution >= 0.6 is 0 Å². The quantitative estimate of drug-likeness (QED) is 0.203. The molecule has 18 heteroatoms. The summed E-state index contributed by atoms with van der Waals surface area (Å²) in [5, 5.41) is 10.6. The van der Waals surface area contributed by atoms with Gasteiger partial charge in [-0.05, 0) is 0 Å². The first-order chi connectivity index (χ1) is 20.5. The van der Waals surface area contributed by atoms with Crippen molar-refractivity contribution in [1.29, 1.82) is 0 Å². The van der Waals surface area contributed by atoms with Crippen molar-refractivity contribution < 1.29 is 86.0 Å². The molecule has 2 heterocycles. The highest BCUT2D eigenvalue weighted by atomic mass is 16.8. The van der Waals surface area contributed by atoms with E-state index in [4.69, 9.17) is 47.4 Å². The van der Waals surface area contributed by atoms with Gasteiger partial charge in [0.2, 0.25) is 0 Å². The van der Waals surface area contributed by atoms with Crippen molar-refractivity contribution in [3.8, 4) is 0 Å². The molecule has 0 radical (unpaired) electrons. The second-order valence-corrected chi connectivity index (χ2v) is 9.68. The number of hydrogen-bond donors (Lipinski definition) is 1. The minimum atomic E-state index is -1.90. The van der Waals surface area contributed by atoms with Gasteiger partial charge >= 0.3 is 41.8 Å². The predicted octanol–water partition coefficient (Wildman–Crippen LogP) is -1.40. The highest BCUT2D eigenvalue weighted by molar-refractivity contribution is 5.69. The number of esters is 7. The smallest absolute Gasteiger partial charge is 0.303 e. The number of carbonyl (C=O) groups excluding carboxylic acids is 7. The van der Waals surface area contributed by atoms with Crippen LogP contribution in [0.5, 0.6) is 0 Å². The summed E-state index contributed by atoms with van der Waals surface area (Å²) in [5.74, 6) is -6.03. The third-order valence-corrected chi connectivity index (χ3v) is 5.90. The van der Waals surface area contributed by atoms with Gasteiger partial charge < -0.3 is 52.5 Å². The van der Waals surface area contributed by atoms with Gasteiger partial charge in [-0.3, -0.25) is 33.6 Å². The summed E-state index contributed by atoms with van der Waals surface area (Å²) < 4.78 is 54.1. The third kappa shape index (κ3) is 10.7. The summed E-state index contributed by atoms with van der Waals surface area (Å²) in [4.78, 5) is 83.5. The summed E-state index contributed by atoms with van der Waals surface area (Å²) in [6.07, 6.45) is -16.3. The fourth-order valence-electron chi connectivity index (χ4n) is 4.49. The van der Waals surface area contributed by atoms with Gasteiger partial charge in [0.15, 0.2) is 43.1 Å². The Morgan fingerprint density at radius 1 is 0.477 bits per heavy atom. The van der Waals surface area contributed by atoms with Crippen molar-refractivity contribution in [3.05, 3.63) is 0 Å². The molecule has 0 spiro atoms. The molecule has 10 atom stereocenters. The van der Waals surface area contributed by atoms with E-state index in [1.165, 1.54) is 0 Å². The van der Waals surface area contributed by atoms with Gasteiger partial charge in [0.1, 0.15) is 31.5 Å². The number of ether oxygens (including phenoxy) is 10. The van der Waals surface area contributed by atoms with Crippen LogP contribution < -0.4 is 0 Å². The number of aliphatic hydroxyl groups is 1. The first kappa shape index (κ1) is 36.3. The summed E-state index contributed by atoms with van der Waals surface area (Å²) in [5.41, 5.74) is 0. The zero-order chi connectivity index (χ0) is 33.3. The molecule has 2 rings (SSSR count). The highest BCUT2D eigenvalue weighted by Crippen LogP contribution is 2.34. The first-order valence-corrected chi connectivity index (χ1v) is 13.3. The number of carbonyl (C=O) groups is 7. The van der Waals surface area contributed by atoms with Crippen molar-refractivity contribution in [3.63, 3.8) is 0 Å². The van der Waals surface area contributed by atoms with E-state index in [0.29, 0.717) is 0 Å². The fraction of sp³-hybridized carbons (Fsp3) is 0.731. The lowest BCUT2D eigenvalue weighted by Gasteiger charge is -2.48. The SMILES string of the molecule is CC(=O)OCC1O[C@@H](O[C@H]2C(COC(C)=O)O[C@@H](O)C(OC(C)=O)[C@H]2OC(C)=O)C(OC(C)=O)[C@@H](OC(C)=O)[C@H]1OC(C)=O. The Morgan fingerprint density at radius 3 is 1.27 bits per heavy atom. The fourth-order valence-corrected chi connectivity index (χ4v) is 4.49. The van der Waals surface area contributed by atoms with E-state index in [-0.39, 0.29) is 0 Å². The number of aliphatic hydroxyl groups excluding tert-OH is 1. The van der Waals surface area contributed by atoms with Crippen molar-refractivity contribution in [1.82, 2.24) is 0 Å². The number of rotatable bonds is 11. The Bertz CT molecular complexity index is 1090. The Labute approximate surface area is 251 Å². The van der Waals surface area contributed by atoms with E-state index in [0.717, 1.165) is 48.5 Å². The molecule has 0 amide bonds. The van der Waals surface area contributed by atoms with E-state index >= 15 is 0 Å². The molecule has 18 nitrogen and oxygen atoms in total. The van der Waals surface area contributed by atoms with E-state index in [2.05, 4.69) is 0 Å². The molecular formula is C26H36O18. The summed E-state index contributed by atoms with van der Waals surface area (Å²) in [6, 6.07) is 0. The van der Waals surface area contributed by atoms with Crippen LogP contribution in [0.2, 0.25) is 0 Å². The largest absolute Gasteiger partial charge is 0.463 e. The molecule has 2 saturated heterocycles. The minimum Gasteiger partial charge on any atom is -0.463 e. The standard InChI is InChI=1S/C26H36O18/c1-10(27)35-8-17-20(21(38-13(4)30)23(25(34)42-17)40-15(6)32)44-26-24(41-16(7)33)22(39-14(5)31)19(37-12(3)29)18(43-26)9-36-11(2)28/h17-26,34H,8-9H2,1-7H3/t17?,18?,19-,20-,21-,22-,23?,24?,25+,26-/m0/s1. The van der Waals surface area contributed by atoms with Crippen LogP contribution in [0.3, 0.4) is 0 Å². The molecule has 2 fully saturated rings. The van der Waals surface area contributed by atoms with Gasteiger partial charge in [0, 0.05) is 48.5 Å². The van der Waals surface area contributed by atoms with Gasteiger partial charge in [-0.2, -0.15) is 0 Å². The lowest BCUT2D eigenvalue weighted by molar-refractivity contribution is -0.357. The zero-order valence-corrected chi connectivity index (χ0v) is 25.1. The van der Waals surface area contributed by atoms with Crippen molar-refractivity contribution >= 4 is 41.8 Å². The molecule has 248 valence electrons. The molecule has 0 saturated carbocycles. The average Bonchev–Trinajstić information content (AvgIpc) is 2.87. The van der Waals surface area contributed by atoms with Gasteiger partial charge in [-0.15, -0.1) is 0 Å². The molecule has 2 aliphatic heterocycles. The van der Waals surface area contributed by atoms with Crippen LogP contribution in [0.1, 0.15) is 48.5 Å². The summed E-state index contributed by atoms with van der Waals surface area (Å²) >= 11 is 0. The van der Waals surface area contributed by atoms with Crippen molar-refractivity contribution in [2.75, 3.05) is 13.2 Å². The average molecular weight is 637 g/mol. The predicted molar refractivity (Wildman–Crippen MR) is 135 cm³/mol. The van der Waals surface area contributed by atoms with Crippen LogP contribution in [0.15, 0.2) is 0 Å². The first-order valence-electron chi connectivity index (χ1n) is 13.3. The lowest BCUT2D eigenvalue weighted by atomic mass is 9.96. The highest BCUT2D eigenvalue weighted by Gasteiger charge is 2.57. The van der Waals surface area contributed by atoms with Gasteiger partial charge in [0.05, 0.1) is 0 Å². The second-order valence-electron chi connectivity index (χ2n) is 9.68. The molecule has 2 aliphatic rings. The normalized spacial score (nSPS) is 31.5. The van der Waals surface area contributed by atoms with Crippen LogP contribution in [0.25, 0.3) is 0 Å². The maximum absolute atomic E-state index is 12.2. The van der Waals surface area contributed by atoms with E-state index in [1.807, 2.05) is 0 Å². The topological polar surface area (TPSA) is 232 Å².